The van der Waals surface area contributed by atoms with Crippen LogP contribution in [0.1, 0.15) is 53.0 Å². The summed E-state index contributed by atoms with van der Waals surface area (Å²) in [5, 5.41) is 0. The molecule has 23 heavy (non-hydrogen) atoms. The average Bonchev–Trinajstić information content (AvgIpc) is 2.89. The number of pyridine rings is 1. The van der Waals surface area contributed by atoms with Crippen LogP contribution in [0.2, 0.25) is 0 Å². The number of likely N-dealkylation sites (tertiary alicyclic amines) is 1. The Labute approximate surface area is 136 Å². The number of hydrogen-bond donors (Lipinski definition) is 0. The molecule has 1 saturated heterocycles. The largest absolute Gasteiger partial charge is 0.326 e. The Bertz CT molecular complexity index is 721. The zero-order valence-corrected chi connectivity index (χ0v) is 14.1. The molecule has 1 unspecified atom stereocenters. The normalized spacial score (nSPS) is 20.8. The summed E-state index contributed by atoms with van der Waals surface area (Å²) in [5.74, 6) is 0.737. The molecule has 0 bridgehead atoms. The predicted molar refractivity (Wildman–Crippen MR) is 88.1 cm³/mol. The van der Waals surface area contributed by atoms with E-state index in [1.165, 1.54) is 0 Å². The third-order valence-corrected chi connectivity index (χ3v) is 4.51. The van der Waals surface area contributed by atoms with E-state index in [9.17, 15) is 4.79 Å². The standard InChI is InChI=1S/C18H22N4O/c1-12-6-7-15(11-19-12)16(23)22-9-5-8-18(22,4)17-20-13(2)10-14(3)21-17/h6-7,10-11H,5,8-9H2,1-4H3. The number of nitrogens with zero attached hydrogens (tertiary/aromatic N) is 4. The maximum absolute atomic E-state index is 12.9. The van der Waals surface area contributed by atoms with E-state index >= 15 is 0 Å². The predicted octanol–water partition coefficient (Wildman–Crippen LogP) is 2.95. The first kappa shape index (κ1) is 15.6. The molecule has 1 amide bonds. The maximum Gasteiger partial charge on any atom is 0.256 e. The minimum Gasteiger partial charge on any atom is -0.326 e. The van der Waals surface area contributed by atoms with Crippen molar-refractivity contribution in [2.24, 2.45) is 0 Å². The van der Waals surface area contributed by atoms with Crippen molar-refractivity contribution in [2.75, 3.05) is 6.54 Å². The molecule has 1 aliphatic heterocycles. The minimum atomic E-state index is -0.460. The van der Waals surface area contributed by atoms with Gasteiger partial charge in [-0.05, 0) is 58.7 Å². The van der Waals surface area contributed by atoms with E-state index in [1.807, 2.05) is 43.9 Å². The van der Waals surface area contributed by atoms with Crippen LogP contribution >= 0.6 is 0 Å². The molecule has 0 N–H and O–H groups in total. The zero-order valence-electron chi connectivity index (χ0n) is 14.1. The van der Waals surface area contributed by atoms with E-state index in [-0.39, 0.29) is 5.91 Å². The molecule has 0 radical (unpaired) electrons. The Balaban J connectivity index is 1.98. The lowest BCUT2D eigenvalue weighted by Gasteiger charge is -2.34. The molecule has 5 heteroatoms. The summed E-state index contributed by atoms with van der Waals surface area (Å²) in [4.78, 5) is 28.3. The van der Waals surface area contributed by atoms with Crippen LogP contribution in [0.3, 0.4) is 0 Å². The van der Waals surface area contributed by atoms with Crippen LogP contribution in [0.25, 0.3) is 0 Å². The van der Waals surface area contributed by atoms with Crippen molar-refractivity contribution in [3.63, 3.8) is 0 Å². The van der Waals surface area contributed by atoms with Crippen LogP contribution in [0.4, 0.5) is 0 Å². The first-order valence-electron chi connectivity index (χ1n) is 7.97. The maximum atomic E-state index is 12.9. The van der Waals surface area contributed by atoms with Crippen LogP contribution < -0.4 is 0 Å². The van der Waals surface area contributed by atoms with Crippen LogP contribution in [0.5, 0.6) is 0 Å². The first-order chi connectivity index (χ1) is 10.9. The quantitative estimate of drug-likeness (QED) is 0.855. The fourth-order valence-corrected chi connectivity index (χ4v) is 3.24. The molecule has 3 rings (SSSR count). The highest BCUT2D eigenvalue weighted by molar-refractivity contribution is 5.94. The molecular formula is C18H22N4O. The highest BCUT2D eigenvalue weighted by Crippen LogP contribution is 2.37. The number of aromatic nitrogens is 3. The fraction of sp³-hybridized carbons (Fsp3) is 0.444. The van der Waals surface area contributed by atoms with Gasteiger partial charge < -0.3 is 4.90 Å². The summed E-state index contributed by atoms with van der Waals surface area (Å²) < 4.78 is 0. The second-order valence-corrected chi connectivity index (χ2v) is 6.50. The van der Waals surface area contributed by atoms with Crippen molar-refractivity contribution in [1.82, 2.24) is 19.9 Å². The number of carbonyl (C=O) groups excluding carboxylic acids is 1. The van der Waals surface area contributed by atoms with Gasteiger partial charge in [-0.25, -0.2) is 9.97 Å². The van der Waals surface area contributed by atoms with Crippen molar-refractivity contribution in [2.45, 2.75) is 46.1 Å². The van der Waals surface area contributed by atoms with Crippen molar-refractivity contribution in [3.05, 3.63) is 52.9 Å². The van der Waals surface area contributed by atoms with Gasteiger partial charge in [-0.1, -0.05) is 0 Å². The average molecular weight is 310 g/mol. The van der Waals surface area contributed by atoms with Crippen molar-refractivity contribution < 1.29 is 4.79 Å². The summed E-state index contributed by atoms with van der Waals surface area (Å²) in [5.41, 5.74) is 2.94. The zero-order chi connectivity index (χ0) is 16.6. The lowest BCUT2D eigenvalue weighted by molar-refractivity contribution is 0.0603. The Morgan fingerprint density at radius 2 is 1.83 bits per heavy atom. The number of carbonyl (C=O) groups is 1. The number of amides is 1. The first-order valence-corrected chi connectivity index (χ1v) is 7.97. The van der Waals surface area contributed by atoms with E-state index in [2.05, 4.69) is 21.9 Å². The number of hydrogen-bond acceptors (Lipinski definition) is 4. The van der Waals surface area contributed by atoms with Crippen LogP contribution in [0.15, 0.2) is 24.4 Å². The molecule has 120 valence electrons. The van der Waals surface area contributed by atoms with Gasteiger partial charge in [0.25, 0.3) is 5.91 Å². The van der Waals surface area contributed by atoms with Gasteiger partial charge in [-0.3, -0.25) is 9.78 Å². The molecule has 1 fully saturated rings. The van der Waals surface area contributed by atoms with Gasteiger partial charge in [0.05, 0.1) is 5.56 Å². The van der Waals surface area contributed by atoms with Gasteiger partial charge in [0.15, 0.2) is 5.82 Å². The van der Waals surface area contributed by atoms with Crippen LogP contribution in [0, 0.1) is 20.8 Å². The van der Waals surface area contributed by atoms with E-state index in [0.29, 0.717) is 5.56 Å². The monoisotopic (exact) mass is 310 g/mol. The summed E-state index contributed by atoms with van der Waals surface area (Å²) in [7, 11) is 0. The number of rotatable bonds is 2. The molecule has 3 heterocycles. The Morgan fingerprint density at radius 3 is 2.43 bits per heavy atom. The fourth-order valence-electron chi connectivity index (χ4n) is 3.24. The van der Waals surface area contributed by atoms with Gasteiger partial charge in [0.1, 0.15) is 5.54 Å². The lowest BCUT2D eigenvalue weighted by atomic mass is 9.96. The van der Waals surface area contributed by atoms with E-state index < -0.39 is 5.54 Å². The van der Waals surface area contributed by atoms with E-state index in [1.54, 1.807) is 6.20 Å². The third-order valence-electron chi connectivity index (χ3n) is 4.51. The van der Waals surface area contributed by atoms with Crippen molar-refractivity contribution >= 4 is 5.91 Å². The molecule has 0 spiro atoms. The summed E-state index contributed by atoms with van der Waals surface area (Å²) >= 11 is 0. The van der Waals surface area contributed by atoms with Crippen LogP contribution in [-0.4, -0.2) is 32.3 Å². The summed E-state index contributed by atoms with van der Waals surface area (Å²) in [6, 6.07) is 5.66. The molecule has 0 aromatic carbocycles. The second kappa shape index (κ2) is 5.72. The van der Waals surface area contributed by atoms with Gasteiger partial charge in [0, 0.05) is 29.8 Å². The molecule has 0 aliphatic carbocycles. The van der Waals surface area contributed by atoms with Crippen LogP contribution in [-0.2, 0) is 5.54 Å². The van der Waals surface area contributed by atoms with Gasteiger partial charge >= 0.3 is 0 Å². The molecule has 2 aromatic heterocycles. The SMILES string of the molecule is Cc1ccc(C(=O)N2CCCC2(C)c2nc(C)cc(C)n2)cn1. The third kappa shape index (κ3) is 2.83. The van der Waals surface area contributed by atoms with Crippen molar-refractivity contribution in [3.8, 4) is 0 Å². The molecule has 1 aliphatic rings. The minimum absolute atomic E-state index is 0.000240. The van der Waals surface area contributed by atoms with Gasteiger partial charge in [0.2, 0.25) is 0 Å². The molecule has 1 atom stereocenters. The Kier molecular flexibility index (Phi) is 3.88. The van der Waals surface area contributed by atoms with E-state index in [4.69, 9.17) is 0 Å². The molecule has 2 aromatic rings. The topological polar surface area (TPSA) is 59.0 Å². The smallest absolute Gasteiger partial charge is 0.256 e. The summed E-state index contributed by atoms with van der Waals surface area (Å²) in [6.07, 6.45) is 3.48. The van der Waals surface area contributed by atoms with Gasteiger partial charge in [-0.2, -0.15) is 0 Å². The van der Waals surface area contributed by atoms with Gasteiger partial charge in [-0.15, -0.1) is 0 Å². The van der Waals surface area contributed by atoms with E-state index in [0.717, 1.165) is 42.3 Å². The summed E-state index contributed by atoms with van der Waals surface area (Å²) in [6.45, 7) is 8.63. The second-order valence-electron chi connectivity index (χ2n) is 6.50. The molecule has 0 saturated carbocycles. The van der Waals surface area contributed by atoms with Crippen molar-refractivity contribution in [1.29, 1.82) is 0 Å². The Morgan fingerprint density at radius 1 is 1.13 bits per heavy atom. The molecule has 5 nitrogen and oxygen atoms in total. The molecular weight excluding hydrogens is 288 g/mol. The number of aryl methyl sites for hydroxylation is 3. The Hall–Kier alpha value is -2.30. The highest BCUT2D eigenvalue weighted by Gasteiger charge is 2.43. The highest BCUT2D eigenvalue weighted by atomic mass is 16.2. The lowest BCUT2D eigenvalue weighted by Crippen LogP contribution is -2.44.